The molecule has 22 heavy (non-hydrogen) atoms. The SMILES string of the molecule is CN(Cc1ccco1)C(=O)CN1C(=O)C2CCCCC2C1=O. The summed E-state index contributed by atoms with van der Waals surface area (Å²) in [5.74, 6) is -0.335. The molecule has 2 aliphatic rings. The van der Waals surface area contributed by atoms with E-state index in [0.29, 0.717) is 12.3 Å². The van der Waals surface area contributed by atoms with Crippen LogP contribution in [0.15, 0.2) is 22.8 Å². The van der Waals surface area contributed by atoms with Crippen LogP contribution in [0, 0.1) is 11.8 Å². The lowest BCUT2D eigenvalue weighted by Gasteiger charge is -2.20. The summed E-state index contributed by atoms with van der Waals surface area (Å²) >= 11 is 0. The summed E-state index contributed by atoms with van der Waals surface area (Å²) in [5, 5.41) is 0. The number of imide groups is 1. The Morgan fingerprint density at radius 2 is 1.91 bits per heavy atom. The minimum Gasteiger partial charge on any atom is -0.467 e. The molecule has 1 aliphatic heterocycles. The summed E-state index contributed by atoms with van der Waals surface area (Å²) in [7, 11) is 1.64. The Balaban J connectivity index is 1.63. The van der Waals surface area contributed by atoms with Crippen LogP contribution in [0.25, 0.3) is 0 Å². The molecule has 2 atom stereocenters. The molecule has 3 rings (SSSR count). The van der Waals surface area contributed by atoms with Crippen molar-refractivity contribution in [1.82, 2.24) is 9.80 Å². The Morgan fingerprint density at radius 1 is 1.27 bits per heavy atom. The zero-order valence-corrected chi connectivity index (χ0v) is 12.7. The molecule has 0 bridgehead atoms. The molecule has 118 valence electrons. The number of carbonyl (C=O) groups is 3. The molecule has 1 aliphatic carbocycles. The van der Waals surface area contributed by atoms with Crippen molar-refractivity contribution in [2.75, 3.05) is 13.6 Å². The molecule has 1 aromatic heterocycles. The molecule has 3 amide bonds. The van der Waals surface area contributed by atoms with Gasteiger partial charge in [-0.25, -0.2) is 0 Å². The molecule has 0 N–H and O–H groups in total. The molecule has 6 heteroatoms. The smallest absolute Gasteiger partial charge is 0.242 e. The first-order chi connectivity index (χ1) is 10.6. The fourth-order valence-electron chi connectivity index (χ4n) is 3.37. The monoisotopic (exact) mass is 304 g/mol. The van der Waals surface area contributed by atoms with E-state index >= 15 is 0 Å². The number of nitrogens with zero attached hydrogens (tertiary/aromatic N) is 2. The van der Waals surface area contributed by atoms with Gasteiger partial charge in [0.1, 0.15) is 12.3 Å². The van der Waals surface area contributed by atoms with Crippen molar-refractivity contribution >= 4 is 17.7 Å². The van der Waals surface area contributed by atoms with E-state index in [1.807, 2.05) is 0 Å². The number of hydrogen-bond acceptors (Lipinski definition) is 4. The zero-order chi connectivity index (χ0) is 15.7. The third-order valence-electron chi connectivity index (χ3n) is 4.62. The van der Waals surface area contributed by atoms with E-state index < -0.39 is 0 Å². The van der Waals surface area contributed by atoms with Gasteiger partial charge in [0.25, 0.3) is 0 Å². The summed E-state index contributed by atoms with van der Waals surface area (Å²) in [5.41, 5.74) is 0. The fraction of sp³-hybridized carbons (Fsp3) is 0.562. The standard InChI is InChI=1S/C16H20N2O4/c1-17(9-11-5-4-8-22-11)14(19)10-18-15(20)12-6-2-3-7-13(12)16(18)21/h4-5,8,12-13H,2-3,6-7,9-10H2,1H3. The van der Waals surface area contributed by atoms with Crippen LogP contribution in [0.4, 0.5) is 0 Å². The maximum Gasteiger partial charge on any atom is 0.242 e. The van der Waals surface area contributed by atoms with Crippen LogP contribution in [0.3, 0.4) is 0 Å². The maximum absolute atomic E-state index is 12.3. The summed E-state index contributed by atoms with van der Waals surface area (Å²) in [6.45, 7) is 0.163. The van der Waals surface area contributed by atoms with Gasteiger partial charge in [-0.3, -0.25) is 19.3 Å². The topological polar surface area (TPSA) is 70.8 Å². The average molecular weight is 304 g/mol. The second kappa shape index (κ2) is 5.94. The van der Waals surface area contributed by atoms with Crippen molar-refractivity contribution in [3.8, 4) is 0 Å². The lowest BCUT2D eigenvalue weighted by Crippen LogP contribution is -2.41. The third-order valence-corrected chi connectivity index (χ3v) is 4.62. The largest absolute Gasteiger partial charge is 0.467 e. The highest BCUT2D eigenvalue weighted by molar-refractivity contribution is 6.07. The third kappa shape index (κ3) is 2.65. The van der Waals surface area contributed by atoms with E-state index in [-0.39, 0.29) is 36.1 Å². The summed E-state index contributed by atoms with van der Waals surface area (Å²) in [6.07, 6.45) is 5.05. The van der Waals surface area contributed by atoms with Gasteiger partial charge in [0.2, 0.25) is 17.7 Å². The first-order valence-corrected chi connectivity index (χ1v) is 7.69. The fourth-order valence-corrected chi connectivity index (χ4v) is 3.37. The highest BCUT2D eigenvalue weighted by Gasteiger charge is 2.48. The van der Waals surface area contributed by atoms with Crippen molar-refractivity contribution in [3.05, 3.63) is 24.2 Å². The second-order valence-electron chi connectivity index (χ2n) is 6.09. The van der Waals surface area contributed by atoms with Gasteiger partial charge in [0.05, 0.1) is 24.6 Å². The number of hydrogen-bond donors (Lipinski definition) is 0. The predicted octanol–water partition coefficient (Wildman–Crippen LogP) is 1.41. The van der Waals surface area contributed by atoms with Crippen LogP contribution in [0.2, 0.25) is 0 Å². The van der Waals surface area contributed by atoms with Crippen molar-refractivity contribution in [3.63, 3.8) is 0 Å². The van der Waals surface area contributed by atoms with E-state index in [1.54, 1.807) is 25.4 Å². The number of rotatable bonds is 4. The molecular formula is C16H20N2O4. The quantitative estimate of drug-likeness (QED) is 0.789. The molecule has 2 fully saturated rings. The van der Waals surface area contributed by atoms with Crippen molar-refractivity contribution in [2.24, 2.45) is 11.8 Å². The van der Waals surface area contributed by atoms with Gasteiger partial charge in [-0.2, -0.15) is 0 Å². The molecule has 0 radical (unpaired) electrons. The number of fused-ring (bicyclic) bond motifs is 1. The van der Waals surface area contributed by atoms with Gasteiger partial charge in [0.15, 0.2) is 0 Å². The molecule has 1 saturated heterocycles. The van der Waals surface area contributed by atoms with Crippen LogP contribution in [0.5, 0.6) is 0 Å². The van der Waals surface area contributed by atoms with Crippen LogP contribution in [-0.4, -0.2) is 41.1 Å². The van der Waals surface area contributed by atoms with E-state index in [2.05, 4.69) is 0 Å². The number of amides is 3. The molecule has 2 unspecified atom stereocenters. The van der Waals surface area contributed by atoms with Crippen LogP contribution < -0.4 is 0 Å². The Kier molecular flexibility index (Phi) is 4.00. The van der Waals surface area contributed by atoms with Gasteiger partial charge in [-0.05, 0) is 25.0 Å². The molecule has 1 saturated carbocycles. The average Bonchev–Trinajstić information content (AvgIpc) is 3.10. The molecule has 0 spiro atoms. The summed E-state index contributed by atoms with van der Waals surface area (Å²) in [6, 6.07) is 3.54. The van der Waals surface area contributed by atoms with E-state index in [1.165, 1.54) is 4.90 Å². The number of carbonyl (C=O) groups excluding carboxylic acids is 3. The first kappa shape index (κ1) is 14.8. The molecule has 0 aromatic carbocycles. The van der Waals surface area contributed by atoms with Crippen LogP contribution in [0.1, 0.15) is 31.4 Å². The Labute approximate surface area is 129 Å². The molecule has 6 nitrogen and oxygen atoms in total. The first-order valence-electron chi connectivity index (χ1n) is 7.69. The normalized spacial score (nSPS) is 24.5. The van der Waals surface area contributed by atoms with Crippen molar-refractivity contribution in [2.45, 2.75) is 32.2 Å². The van der Waals surface area contributed by atoms with Crippen molar-refractivity contribution < 1.29 is 18.8 Å². The predicted molar refractivity (Wildman–Crippen MR) is 77.4 cm³/mol. The highest BCUT2D eigenvalue weighted by Crippen LogP contribution is 2.37. The maximum atomic E-state index is 12.3. The highest BCUT2D eigenvalue weighted by atomic mass is 16.3. The number of likely N-dealkylation sites (tertiary alicyclic amines) is 1. The minimum atomic E-state index is -0.253. The lowest BCUT2D eigenvalue weighted by molar-refractivity contribution is -0.146. The Bertz CT molecular complexity index is 557. The van der Waals surface area contributed by atoms with Crippen molar-refractivity contribution in [1.29, 1.82) is 0 Å². The summed E-state index contributed by atoms with van der Waals surface area (Å²) < 4.78 is 5.20. The molecular weight excluding hydrogens is 284 g/mol. The van der Waals surface area contributed by atoms with Crippen LogP contribution in [-0.2, 0) is 20.9 Å². The van der Waals surface area contributed by atoms with E-state index in [4.69, 9.17) is 4.42 Å². The second-order valence-corrected chi connectivity index (χ2v) is 6.09. The summed E-state index contributed by atoms with van der Waals surface area (Å²) in [4.78, 5) is 39.6. The van der Waals surface area contributed by atoms with Gasteiger partial charge in [0, 0.05) is 7.05 Å². The van der Waals surface area contributed by atoms with Crippen LogP contribution >= 0.6 is 0 Å². The van der Waals surface area contributed by atoms with E-state index in [0.717, 1.165) is 30.6 Å². The number of likely N-dealkylation sites (N-methyl/N-ethyl adjacent to an activating group) is 1. The molecule has 1 aromatic rings. The van der Waals surface area contributed by atoms with Gasteiger partial charge in [-0.15, -0.1) is 0 Å². The minimum absolute atomic E-state index is 0.165. The molecule has 2 heterocycles. The Morgan fingerprint density at radius 3 is 2.45 bits per heavy atom. The van der Waals surface area contributed by atoms with E-state index in [9.17, 15) is 14.4 Å². The zero-order valence-electron chi connectivity index (χ0n) is 12.7. The van der Waals surface area contributed by atoms with Gasteiger partial charge >= 0.3 is 0 Å². The Hall–Kier alpha value is -2.11. The lowest BCUT2D eigenvalue weighted by atomic mass is 9.81. The van der Waals surface area contributed by atoms with Gasteiger partial charge in [-0.1, -0.05) is 12.8 Å². The van der Waals surface area contributed by atoms with Gasteiger partial charge < -0.3 is 9.32 Å². The number of furan rings is 1.